The fraction of sp³-hybridized carbons (Fsp3) is 0.769. The van der Waals surface area contributed by atoms with Crippen molar-refractivity contribution in [2.75, 3.05) is 11.5 Å². The summed E-state index contributed by atoms with van der Waals surface area (Å²) < 4.78 is 31.6. The van der Waals surface area contributed by atoms with E-state index in [0.29, 0.717) is 25.0 Å². The molecule has 0 saturated carbocycles. The molecule has 2 aliphatic rings. The Morgan fingerprint density at radius 3 is 2.54 bits per heavy atom. The van der Waals surface area contributed by atoms with E-state index in [-0.39, 0.29) is 11.7 Å². The van der Waals surface area contributed by atoms with Gasteiger partial charge in [0.25, 0.3) is 10.1 Å². The van der Waals surface area contributed by atoms with Gasteiger partial charge in [0.15, 0.2) is 0 Å². The van der Waals surface area contributed by atoms with E-state index in [4.69, 9.17) is 15.4 Å². The first-order valence-electron chi connectivity index (χ1n) is 7.86. The van der Waals surface area contributed by atoms with E-state index < -0.39 is 51.6 Å². The summed E-state index contributed by atoms with van der Waals surface area (Å²) in [6.45, 7) is 0. The van der Waals surface area contributed by atoms with E-state index in [1.165, 1.54) is 11.8 Å². The average Bonchev–Trinajstić information content (AvgIpc) is 2.99. The van der Waals surface area contributed by atoms with Crippen molar-refractivity contribution in [3.63, 3.8) is 0 Å². The Bertz CT molecular complexity index is 700. The third-order valence-electron chi connectivity index (χ3n) is 4.44. The molecule has 2 rings (SSSR count). The largest absolute Gasteiger partial charge is 0.481 e. The molecule has 2 saturated heterocycles. The number of thioether (sulfide) groups is 1. The van der Waals surface area contributed by atoms with Crippen molar-refractivity contribution < 1.29 is 37.6 Å². The molecule has 0 spiro atoms. The Hall–Kier alpha value is -1.57. The number of hydrogen-bond donors (Lipinski definition) is 5. The van der Waals surface area contributed by atoms with Crippen LogP contribution in [0.5, 0.6) is 0 Å². The minimum atomic E-state index is -4.76. The number of carbonyl (C=O) groups excluding carboxylic acids is 1. The summed E-state index contributed by atoms with van der Waals surface area (Å²) in [5, 5.41) is 20.5. The second kappa shape index (κ2) is 7.58. The van der Waals surface area contributed by atoms with Crippen molar-refractivity contribution in [1.82, 2.24) is 10.2 Å². The number of nitrogens with zero attached hydrogens (tertiary/aromatic N) is 1. The number of urea groups is 1. The van der Waals surface area contributed by atoms with E-state index in [1.807, 2.05) is 0 Å². The third kappa shape index (κ3) is 4.39. The van der Waals surface area contributed by atoms with Crippen molar-refractivity contribution in [2.45, 2.75) is 48.7 Å². The van der Waals surface area contributed by atoms with Crippen LogP contribution < -0.4 is 11.1 Å². The lowest BCUT2D eigenvalue weighted by atomic mass is 9.99. The van der Waals surface area contributed by atoms with Crippen LogP contribution in [0.2, 0.25) is 0 Å². The monoisotopic (exact) mass is 411 g/mol. The molecule has 2 heterocycles. The van der Waals surface area contributed by atoms with Gasteiger partial charge in [0.2, 0.25) is 5.66 Å². The van der Waals surface area contributed by atoms with Crippen LogP contribution in [0.3, 0.4) is 0 Å². The molecule has 4 atom stereocenters. The van der Waals surface area contributed by atoms with Crippen molar-refractivity contribution in [1.29, 1.82) is 0 Å². The zero-order valence-corrected chi connectivity index (χ0v) is 15.3. The highest BCUT2D eigenvalue weighted by Gasteiger charge is 2.58. The molecule has 0 aromatic heterocycles. The summed E-state index contributed by atoms with van der Waals surface area (Å²) >= 11 is 1.48. The van der Waals surface area contributed by atoms with Crippen molar-refractivity contribution in [3.8, 4) is 0 Å². The molecule has 0 bridgehead atoms. The predicted molar refractivity (Wildman–Crippen MR) is 91.3 cm³/mol. The van der Waals surface area contributed by atoms with Gasteiger partial charge in [-0.15, -0.1) is 0 Å². The lowest BCUT2D eigenvalue weighted by Crippen LogP contribution is -2.69. The molecule has 0 aromatic rings. The first kappa shape index (κ1) is 20.7. The van der Waals surface area contributed by atoms with E-state index in [2.05, 4.69) is 5.32 Å². The minimum absolute atomic E-state index is 0.00504. The van der Waals surface area contributed by atoms with Crippen LogP contribution in [0.1, 0.15) is 25.7 Å². The molecule has 0 radical (unpaired) electrons. The molecular formula is C13H21N3O8S2. The number of carboxylic acid groups (broad SMARTS) is 2. The number of carboxylic acids is 2. The quantitative estimate of drug-likeness (QED) is 0.181. The van der Waals surface area contributed by atoms with Crippen LogP contribution in [0.4, 0.5) is 4.79 Å². The van der Waals surface area contributed by atoms with Crippen LogP contribution in [-0.2, 0) is 19.7 Å². The van der Waals surface area contributed by atoms with Crippen LogP contribution in [0.15, 0.2) is 0 Å². The minimum Gasteiger partial charge on any atom is -0.481 e. The molecule has 2 fully saturated rings. The van der Waals surface area contributed by atoms with Gasteiger partial charge in [-0.25, -0.2) is 9.59 Å². The molecular weight excluding hydrogens is 390 g/mol. The second-order valence-electron chi connectivity index (χ2n) is 6.38. The number of nitrogens with two attached hydrogens (primary N) is 1. The van der Waals surface area contributed by atoms with E-state index >= 15 is 0 Å². The maximum atomic E-state index is 12.3. The maximum absolute atomic E-state index is 12.3. The average molecular weight is 411 g/mol. The van der Waals surface area contributed by atoms with E-state index in [1.54, 1.807) is 0 Å². The van der Waals surface area contributed by atoms with Gasteiger partial charge in [-0.2, -0.15) is 20.2 Å². The number of unbranched alkanes of at least 4 members (excludes halogenated alkanes) is 1. The third-order valence-corrected chi connectivity index (χ3v) is 6.74. The highest BCUT2D eigenvalue weighted by Crippen LogP contribution is 2.40. The molecule has 11 nitrogen and oxygen atoms in total. The normalized spacial score (nSPS) is 27.7. The summed E-state index contributed by atoms with van der Waals surface area (Å²) in [5.41, 5.74) is 3.17. The SMILES string of the molecule is NC(CS(=O)(=O)O)(C(=O)O)N1C(=O)N[C@@H]2CS[C@H](CCCCC(=O)O)[C@@H]21. The first-order valence-corrected chi connectivity index (χ1v) is 10.5. The van der Waals surface area contributed by atoms with Crippen LogP contribution >= 0.6 is 11.8 Å². The van der Waals surface area contributed by atoms with Crippen LogP contribution in [0, 0.1) is 0 Å². The molecule has 1 unspecified atom stereocenters. The number of nitrogens with one attached hydrogen (secondary N) is 1. The predicted octanol–water partition coefficient (Wildman–Crippen LogP) is -0.863. The highest BCUT2D eigenvalue weighted by atomic mass is 32.2. The summed E-state index contributed by atoms with van der Waals surface area (Å²) in [4.78, 5) is 35.3. The number of hydrogen-bond acceptors (Lipinski definition) is 7. The first-order chi connectivity index (χ1) is 12.0. The molecule has 148 valence electrons. The fourth-order valence-corrected chi connectivity index (χ4v) is 5.75. The molecule has 6 N–H and O–H groups in total. The summed E-state index contributed by atoms with van der Waals surface area (Å²) in [6.07, 6.45) is 1.51. The second-order valence-corrected chi connectivity index (χ2v) is 9.11. The number of carbonyl (C=O) groups is 3. The zero-order chi connectivity index (χ0) is 19.7. The molecule has 2 amide bonds. The Morgan fingerprint density at radius 1 is 1.35 bits per heavy atom. The van der Waals surface area contributed by atoms with Gasteiger partial charge < -0.3 is 15.5 Å². The van der Waals surface area contributed by atoms with Gasteiger partial charge in [-0.05, 0) is 12.8 Å². The zero-order valence-electron chi connectivity index (χ0n) is 13.7. The fourth-order valence-electron chi connectivity index (χ4n) is 3.36. The van der Waals surface area contributed by atoms with Crippen LogP contribution in [0.25, 0.3) is 0 Å². The van der Waals surface area contributed by atoms with E-state index in [0.717, 1.165) is 4.90 Å². The summed E-state index contributed by atoms with van der Waals surface area (Å²) in [5.74, 6) is -3.49. The maximum Gasteiger partial charge on any atom is 0.345 e. The summed E-state index contributed by atoms with van der Waals surface area (Å²) in [6, 6.07) is -1.87. The molecule has 2 aliphatic heterocycles. The highest BCUT2D eigenvalue weighted by molar-refractivity contribution is 8.00. The molecule has 13 heteroatoms. The standard InChI is InChI=1S/C13H21N3O8S2/c14-13(11(19)20,6-26(22,23)24)16-10-7(15-12(16)21)5-25-8(10)3-1-2-4-9(17)18/h7-8,10H,1-6,14H2,(H,15,21)(H,17,18)(H,19,20)(H,22,23,24)/t7-,8-,10-,13?/m1/s1. The topological polar surface area (TPSA) is 187 Å². The van der Waals surface area contributed by atoms with Gasteiger partial charge in [0.1, 0.15) is 5.75 Å². The molecule has 0 aliphatic carbocycles. The van der Waals surface area contributed by atoms with Crippen LogP contribution in [-0.4, -0.2) is 80.6 Å². The lowest BCUT2D eigenvalue weighted by Gasteiger charge is -2.38. The number of fused-ring (bicyclic) bond motifs is 1. The molecule has 0 aromatic carbocycles. The van der Waals surface area contributed by atoms with Gasteiger partial charge in [0, 0.05) is 17.4 Å². The van der Waals surface area contributed by atoms with Gasteiger partial charge >= 0.3 is 18.0 Å². The number of amides is 2. The van der Waals surface area contributed by atoms with Crippen molar-refractivity contribution in [3.05, 3.63) is 0 Å². The Morgan fingerprint density at radius 2 is 2.00 bits per heavy atom. The number of rotatable bonds is 9. The Balaban J connectivity index is 2.21. The van der Waals surface area contributed by atoms with Gasteiger partial charge in [0.05, 0.1) is 12.1 Å². The van der Waals surface area contributed by atoms with Gasteiger partial charge in [-0.3, -0.25) is 20.0 Å². The molecule has 26 heavy (non-hydrogen) atoms. The summed E-state index contributed by atoms with van der Waals surface area (Å²) in [7, 11) is -4.76. The Labute approximate surface area is 154 Å². The van der Waals surface area contributed by atoms with Crippen molar-refractivity contribution >= 4 is 39.8 Å². The van der Waals surface area contributed by atoms with Crippen molar-refractivity contribution in [2.24, 2.45) is 5.73 Å². The van der Waals surface area contributed by atoms with E-state index in [9.17, 15) is 27.9 Å². The lowest BCUT2D eigenvalue weighted by molar-refractivity contribution is -0.148. The van der Waals surface area contributed by atoms with Gasteiger partial charge in [-0.1, -0.05) is 6.42 Å². The number of aliphatic carboxylic acids is 2. The smallest absolute Gasteiger partial charge is 0.345 e. The Kier molecular flexibility index (Phi) is 6.05.